The van der Waals surface area contributed by atoms with Crippen LogP contribution in [0.5, 0.6) is 5.75 Å². The maximum atomic E-state index is 13.1. The topological polar surface area (TPSA) is 94.8 Å². The Morgan fingerprint density at radius 2 is 2.11 bits per heavy atom. The highest BCUT2D eigenvalue weighted by Gasteiger charge is 2.33. The number of carbonyl (C=O) groups is 2. The third kappa shape index (κ3) is 3.84. The Bertz CT molecular complexity index is 885. The van der Waals surface area contributed by atoms with E-state index < -0.39 is 12.0 Å². The second-order valence-corrected chi connectivity index (χ2v) is 7.11. The van der Waals surface area contributed by atoms with Gasteiger partial charge >= 0.3 is 0 Å². The van der Waals surface area contributed by atoms with Gasteiger partial charge in [0, 0.05) is 18.8 Å². The molecule has 0 bridgehead atoms. The highest BCUT2D eigenvalue weighted by atomic mass is 16.5. The van der Waals surface area contributed by atoms with Crippen molar-refractivity contribution in [2.45, 2.75) is 31.5 Å². The molecule has 1 aromatic heterocycles. The molecule has 1 fully saturated rings. The molecule has 2 aromatic rings. The van der Waals surface area contributed by atoms with Crippen LogP contribution in [0.1, 0.15) is 40.6 Å². The van der Waals surface area contributed by atoms with E-state index in [4.69, 9.17) is 15.2 Å². The smallest absolute Gasteiger partial charge is 0.267 e. The van der Waals surface area contributed by atoms with E-state index in [0.29, 0.717) is 25.4 Å². The zero-order valence-electron chi connectivity index (χ0n) is 15.5. The number of benzene rings is 1. The van der Waals surface area contributed by atoms with Crippen molar-refractivity contribution in [1.82, 2.24) is 9.88 Å². The van der Waals surface area contributed by atoms with Crippen LogP contribution in [0.2, 0.25) is 0 Å². The van der Waals surface area contributed by atoms with E-state index in [0.717, 1.165) is 24.8 Å². The van der Waals surface area contributed by atoms with E-state index in [1.165, 1.54) is 17.8 Å². The van der Waals surface area contributed by atoms with Gasteiger partial charge in [-0.05, 0) is 36.5 Å². The van der Waals surface area contributed by atoms with E-state index in [-0.39, 0.29) is 17.7 Å². The lowest BCUT2D eigenvalue weighted by Crippen LogP contribution is -2.47. The SMILES string of the molecule is NC(=O)c1cc(OC2CCCN(C(=O)C3OCCc4ccccc43)C2)ccn1. The molecule has 28 heavy (non-hydrogen) atoms. The number of fused-ring (bicyclic) bond motifs is 1. The molecule has 2 N–H and O–H groups in total. The Morgan fingerprint density at radius 3 is 2.96 bits per heavy atom. The zero-order chi connectivity index (χ0) is 19.5. The summed E-state index contributed by atoms with van der Waals surface area (Å²) in [6.45, 7) is 1.72. The van der Waals surface area contributed by atoms with Crippen LogP contribution in [0.4, 0.5) is 0 Å². The highest BCUT2D eigenvalue weighted by molar-refractivity contribution is 5.91. The van der Waals surface area contributed by atoms with Crippen molar-refractivity contribution in [2.75, 3.05) is 19.7 Å². The normalized spacial score (nSPS) is 21.6. The molecule has 2 aliphatic rings. The van der Waals surface area contributed by atoms with Crippen LogP contribution in [0.25, 0.3) is 0 Å². The number of hydrogen-bond acceptors (Lipinski definition) is 5. The summed E-state index contributed by atoms with van der Waals surface area (Å²) in [6, 6.07) is 11.2. The molecule has 0 radical (unpaired) electrons. The summed E-state index contributed by atoms with van der Waals surface area (Å²) in [5.74, 6) is -0.0885. The molecule has 0 saturated carbocycles. The standard InChI is InChI=1S/C21H23N3O4/c22-20(25)18-12-15(7-9-23-18)28-16-5-3-10-24(13-16)21(26)19-17-6-2-1-4-14(17)8-11-27-19/h1-2,4,6-7,9,12,16,19H,3,5,8,10-11,13H2,(H2,22,25). The molecular weight excluding hydrogens is 358 g/mol. The second kappa shape index (κ2) is 7.98. The Kier molecular flexibility index (Phi) is 5.25. The fourth-order valence-electron chi connectivity index (χ4n) is 3.81. The average Bonchev–Trinajstić information content (AvgIpc) is 2.73. The van der Waals surface area contributed by atoms with E-state index in [1.807, 2.05) is 23.1 Å². The van der Waals surface area contributed by atoms with Crippen molar-refractivity contribution in [3.63, 3.8) is 0 Å². The van der Waals surface area contributed by atoms with Crippen molar-refractivity contribution in [3.8, 4) is 5.75 Å². The Balaban J connectivity index is 1.45. The minimum atomic E-state index is -0.598. The van der Waals surface area contributed by atoms with Gasteiger partial charge in [-0.3, -0.25) is 14.6 Å². The van der Waals surface area contributed by atoms with Gasteiger partial charge in [0.25, 0.3) is 11.8 Å². The van der Waals surface area contributed by atoms with Crippen molar-refractivity contribution in [2.24, 2.45) is 5.73 Å². The van der Waals surface area contributed by atoms with E-state index >= 15 is 0 Å². The van der Waals surface area contributed by atoms with Crippen LogP contribution in [-0.2, 0) is 16.0 Å². The number of aromatic nitrogens is 1. The fourth-order valence-corrected chi connectivity index (χ4v) is 3.81. The van der Waals surface area contributed by atoms with Gasteiger partial charge < -0.3 is 20.1 Å². The van der Waals surface area contributed by atoms with E-state index in [2.05, 4.69) is 11.1 Å². The minimum Gasteiger partial charge on any atom is -0.488 e. The average molecular weight is 381 g/mol. The number of primary amides is 1. The van der Waals surface area contributed by atoms with Crippen molar-refractivity contribution in [1.29, 1.82) is 0 Å². The van der Waals surface area contributed by atoms with Gasteiger partial charge in [-0.15, -0.1) is 0 Å². The van der Waals surface area contributed by atoms with Crippen LogP contribution >= 0.6 is 0 Å². The molecule has 0 aliphatic carbocycles. The number of carbonyl (C=O) groups excluding carboxylic acids is 2. The summed E-state index contributed by atoms with van der Waals surface area (Å²) in [4.78, 5) is 30.2. The third-order valence-electron chi connectivity index (χ3n) is 5.19. The van der Waals surface area contributed by atoms with Crippen LogP contribution in [0, 0.1) is 0 Å². The summed E-state index contributed by atoms with van der Waals surface area (Å²) in [5.41, 5.74) is 7.57. The Labute approximate surface area is 163 Å². The molecule has 7 heteroatoms. The van der Waals surface area contributed by atoms with Crippen LogP contribution in [-0.4, -0.2) is 47.5 Å². The summed E-state index contributed by atoms with van der Waals surface area (Å²) in [5, 5.41) is 0. The molecule has 0 spiro atoms. The molecule has 3 heterocycles. The number of amides is 2. The molecular formula is C21H23N3O4. The van der Waals surface area contributed by atoms with E-state index in [1.54, 1.807) is 6.07 Å². The molecule has 1 saturated heterocycles. The predicted molar refractivity (Wildman–Crippen MR) is 102 cm³/mol. The number of nitrogens with two attached hydrogens (primary N) is 1. The molecule has 146 valence electrons. The summed E-state index contributed by atoms with van der Waals surface area (Å²) >= 11 is 0. The lowest BCUT2D eigenvalue weighted by atomic mass is 9.96. The largest absolute Gasteiger partial charge is 0.488 e. The van der Waals surface area contributed by atoms with Crippen molar-refractivity contribution < 1.29 is 19.1 Å². The van der Waals surface area contributed by atoms with Crippen molar-refractivity contribution >= 4 is 11.8 Å². The van der Waals surface area contributed by atoms with E-state index in [9.17, 15) is 9.59 Å². The maximum Gasteiger partial charge on any atom is 0.267 e. The minimum absolute atomic E-state index is 0.0204. The lowest BCUT2D eigenvalue weighted by Gasteiger charge is -2.36. The summed E-state index contributed by atoms with van der Waals surface area (Å²) in [7, 11) is 0. The number of rotatable bonds is 4. The summed E-state index contributed by atoms with van der Waals surface area (Å²) in [6.07, 6.45) is 3.30. The number of ether oxygens (including phenoxy) is 2. The second-order valence-electron chi connectivity index (χ2n) is 7.11. The number of hydrogen-bond donors (Lipinski definition) is 1. The van der Waals surface area contributed by atoms with Gasteiger partial charge in [0.1, 0.15) is 17.5 Å². The first-order chi connectivity index (χ1) is 13.6. The van der Waals surface area contributed by atoms with Crippen molar-refractivity contribution in [3.05, 3.63) is 59.4 Å². The number of likely N-dealkylation sites (tertiary alicyclic amines) is 1. The molecule has 2 unspecified atom stereocenters. The monoisotopic (exact) mass is 381 g/mol. The highest BCUT2D eigenvalue weighted by Crippen LogP contribution is 2.30. The molecule has 2 atom stereocenters. The third-order valence-corrected chi connectivity index (χ3v) is 5.19. The molecule has 2 amide bonds. The number of pyridine rings is 1. The Morgan fingerprint density at radius 1 is 1.25 bits per heavy atom. The zero-order valence-corrected chi connectivity index (χ0v) is 15.5. The molecule has 4 rings (SSSR count). The molecule has 2 aliphatic heterocycles. The first kappa shape index (κ1) is 18.4. The number of piperidine rings is 1. The first-order valence-corrected chi connectivity index (χ1v) is 9.52. The molecule has 7 nitrogen and oxygen atoms in total. The summed E-state index contributed by atoms with van der Waals surface area (Å²) < 4.78 is 11.8. The van der Waals surface area contributed by atoms with Gasteiger partial charge in [0.05, 0.1) is 13.2 Å². The fraction of sp³-hybridized carbons (Fsp3) is 0.381. The predicted octanol–water partition coefficient (Wildman–Crippen LogP) is 1.86. The van der Waals surface area contributed by atoms with Gasteiger partial charge in [0.2, 0.25) is 0 Å². The number of nitrogens with zero attached hydrogens (tertiary/aromatic N) is 2. The lowest BCUT2D eigenvalue weighted by molar-refractivity contribution is -0.147. The Hall–Kier alpha value is -2.93. The van der Waals surface area contributed by atoms with Gasteiger partial charge in [-0.2, -0.15) is 0 Å². The molecule has 1 aromatic carbocycles. The maximum absolute atomic E-state index is 13.1. The van der Waals surface area contributed by atoms with Crippen LogP contribution < -0.4 is 10.5 Å². The quantitative estimate of drug-likeness (QED) is 0.872. The van der Waals surface area contributed by atoms with Gasteiger partial charge in [-0.1, -0.05) is 24.3 Å². The first-order valence-electron chi connectivity index (χ1n) is 9.52. The van der Waals surface area contributed by atoms with Gasteiger partial charge in [-0.25, -0.2) is 0 Å². The van der Waals surface area contributed by atoms with Crippen LogP contribution in [0.3, 0.4) is 0 Å². The van der Waals surface area contributed by atoms with Gasteiger partial charge in [0.15, 0.2) is 6.10 Å². The van der Waals surface area contributed by atoms with Crippen LogP contribution in [0.15, 0.2) is 42.6 Å².